The molecule has 0 atom stereocenters. The summed E-state index contributed by atoms with van der Waals surface area (Å²) in [7, 11) is 0. The smallest absolute Gasteiger partial charge is 0.268 e. The number of halogens is 3. The lowest BCUT2D eigenvalue weighted by Crippen LogP contribution is -2.04. The summed E-state index contributed by atoms with van der Waals surface area (Å²) in [5.41, 5.74) is -0.524. The van der Waals surface area contributed by atoms with Crippen LogP contribution in [-0.2, 0) is 6.61 Å². The monoisotopic (exact) mass is 191 g/mol. The van der Waals surface area contributed by atoms with Gasteiger partial charge in [-0.2, -0.15) is 4.39 Å². The van der Waals surface area contributed by atoms with Crippen LogP contribution in [0.15, 0.2) is 6.20 Å². The fraction of sp³-hybridized carbons (Fsp3) is 0.375. The molecule has 2 nitrogen and oxygen atoms in total. The molecule has 1 N–H and O–H groups in total. The number of hydrogen-bond donors (Lipinski definition) is 1. The average Bonchev–Trinajstić information content (AvgIpc) is 2.07. The molecule has 0 fully saturated rings. The van der Waals surface area contributed by atoms with Crippen molar-refractivity contribution in [1.82, 2.24) is 4.98 Å². The Kier molecular flexibility index (Phi) is 2.87. The van der Waals surface area contributed by atoms with Gasteiger partial charge in [-0.3, -0.25) is 0 Å². The number of rotatable bonds is 2. The van der Waals surface area contributed by atoms with Crippen LogP contribution in [0.1, 0.15) is 23.1 Å². The molecule has 5 heteroatoms. The van der Waals surface area contributed by atoms with Gasteiger partial charge in [0.25, 0.3) is 6.43 Å². The second kappa shape index (κ2) is 3.74. The maximum Gasteiger partial charge on any atom is 0.268 e. The third-order valence-corrected chi connectivity index (χ3v) is 1.77. The Hall–Kier alpha value is -1.10. The van der Waals surface area contributed by atoms with E-state index >= 15 is 0 Å². The van der Waals surface area contributed by atoms with Gasteiger partial charge in [0.05, 0.1) is 12.2 Å². The van der Waals surface area contributed by atoms with Crippen LogP contribution in [0, 0.1) is 12.9 Å². The van der Waals surface area contributed by atoms with Gasteiger partial charge in [-0.25, -0.2) is 13.8 Å². The van der Waals surface area contributed by atoms with E-state index in [0.717, 1.165) is 6.20 Å². The Morgan fingerprint density at radius 1 is 1.54 bits per heavy atom. The van der Waals surface area contributed by atoms with E-state index in [-0.39, 0.29) is 5.56 Å². The van der Waals surface area contributed by atoms with Gasteiger partial charge in [0, 0.05) is 6.20 Å². The van der Waals surface area contributed by atoms with Crippen LogP contribution in [0.25, 0.3) is 0 Å². The first kappa shape index (κ1) is 9.98. The van der Waals surface area contributed by atoms with E-state index in [1.165, 1.54) is 6.92 Å². The van der Waals surface area contributed by atoms with Crippen molar-refractivity contribution in [3.8, 4) is 0 Å². The minimum Gasteiger partial charge on any atom is -0.392 e. The standard InChI is InChI=1S/C8H8F3NO/c1-4-2-12-8(11)6(7(9)10)5(4)3-13/h2,7,13H,3H2,1H3. The summed E-state index contributed by atoms with van der Waals surface area (Å²) in [4.78, 5) is 3.15. The second-order valence-corrected chi connectivity index (χ2v) is 2.58. The third-order valence-electron chi connectivity index (χ3n) is 1.77. The normalized spacial score (nSPS) is 10.9. The van der Waals surface area contributed by atoms with Gasteiger partial charge in [-0.15, -0.1) is 0 Å². The molecule has 0 saturated carbocycles. The zero-order valence-corrected chi connectivity index (χ0v) is 6.89. The Balaban J connectivity index is 3.35. The molecule has 1 rings (SSSR count). The van der Waals surface area contributed by atoms with E-state index < -0.39 is 24.5 Å². The van der Waals surface area contributed by atoms with Gasteiger partial charge in [0.2, 0.25) is 5.95 Å². The molecule has 1 aromatic heterocycles. The Bertz CT molecular complexity index is 315. The fourth-order valence-electron chi connectivity index (χ4n) is 1.07. The zero-order chi connectivity index (χ0) is 10.0. The molecule has 0 amide bonds. The summed E-state index contributed by atoms with van der Waals surface area (Å²) >= 11 is 0. The number of pyridine rings is 1. The van der Waals surface area contributed by atoms with Crippen molar-refractivity contribution in [3.63, 3.8) is 0 Å². The van der Waals surface area contributed by atoms with Crippen LogP contribution in [0.3, 0.4) is 0 Å². The second-order valence-electron chi connectivity index (χ2n) is 2.58. The highest BCUT2D eigenvalue weighted by Gasteiger charge is 2.20. The molecule has 0 aliphatic heterocycles. The van der Waals surface area contributed by atoms with Gasteiger partial charge in [0.15, 0.2) is 0 Å². The first-order valence-corrected chi connectivity index (χ1v) is 3.60. The maximum atomic E-state index is 12.8. The zero-order valence-electron chi connectivity index (χ0n) is 6.89. The van der Waals surface area contributed by atoms with Crippen molar-refractivity contribution in [2.24, 2.45) is 0 Å². The van der Waals surface area contributed by atoms with Gasteiger partial charge in [-0.05, 0) is 18.1 Å². The molecule has 0 unspecified atom stereocenters. The number of aliphatic hydroxyl groups is 1. The van der Waals surface area contributed by atoms with Crippen LogP contribution < -0.4 is 0 Å². The van der Waals surface area contributed by atoms with Gasteiger partial charge in [-0.1, -0.05) is 0 Å². The molecule has 0 aliphatic carbocycles. The molecule has 13 heavy (non-hydrogen) atoms. The molecule has 0 aliphatic rings. The fourth-order valence-corrected chi connectivity index (χ4v) is 1.07. The first-order chi connectivity index (χ1) is 6.07. The van der Waals surface area contributed by atoms with Crippen molar-refractivity contribution >= 4 is 0 Å². The Labute approximate surface area is 73.0 Å². The summed E-state index contributed by atoms with van der Waals surface area (Å²) < 4.78 is 37.3. The first-order valence-electron chi connectivity index (χ1n) is 3.60. The average molecular weight is 191 g/mol. The quantitative estimate of drug-likeness (QED) is 0.725. The number of aromatic nitrogens is 1. The molecular formula is C8H8F3NO. The lowest BCUT2D eigenvalue weighted by Gasteiger charge is -2.09. The van der Waals surface area contributed by atoms with Crippen LogP contribution in [0.5, 0.6) is 0 Å². The highest BCUT2D eigenvalue weighted by molar-refractivity contribution is 5.32. The number of aliphatic hydroxyl groups excluding tert-OH is 1. The van der Waals surface area contributed by atoms with E-state index in [9.17, 15) is 13.2 Å². The van der Waals surface area contributed by atoms with Gasteiger partial charge in [0.1, 0.15) is 0 Å². The molecule has 0 spiro atoms. The molecule has 0 bridgehead atoms. The van der Waals surface area contributed by atoms with Gasteiger partial charge >= 0.3 is 0 Å². The Morgan fingerprint density at radius 2 is 2.15 bits per heavy atom. The number of alkyl halides is 2. The highest BCUT2D eigenvalue weighted by Crippen LogP contribution is 2.26. The summed E-state index contributed by atoms with van der Waals surface area (Å²) in [5.74, 6) is -1.22. The van der Waals surface area contributed by atoms with Crippen molar-refractivity contribution in [1.29, 1.82) is 0 Å². The van der Waals surface area contributed by atoms with Crippen LogP contribution >= 0.6 is 0 Å². The minimum atomic E-state index is -2.95. The van der Waals surface area contributed by atoms with Crippen LogP contribution in [0.4, 0.5) is 13.2 Å². The predicted octanol–water partition coefficient (Wildman–Crippen LogP) is 1.96. The summed E-state index contributed by atoms with van der Waals surface area (Å²) in [5, 5.41) is 8.74. The number of hydrogen-bond acceptors (Lipinski definition) is 2. The lowest BCUT2D eigenvalue weighted by atomic mass is 10.1. The van der Waals surface area contributed by atoms with Crippen molar-refractivity contribution in [3.05, 3.63) is 28.8 Å². The molecule has 0 aromatic carbocycles. The van der Waals surface area contributed by atoms with Crippen LogP contribution in [-0.4, -0.2) is 10.1 Å². The number of aryl methyl sites for hydroxylation is 1. The maximum absolute atomic E-state index is 12.8. The third kappa shape index (κ3) is 1.80. The summed E-state index contributed by atoms with van der Waals surface area (Å²) in [6.07, 6.45) is -1.83. The molecular weight excluding hydrogens is 183 g/mol. The molecule has 0 saturated heterocycles. The van der Waals surface area contributed by atoms with E-state index in [2.05, 4.69) is 4.98 Å². The molecule has 72 valence electrons. The summed E-state index contributed by atoms with van der Waals surface area (Å²) in [6, 6.07) is 0. The van der Waals surface area contributed by atoms with E-state index in [0.29, 0.717) is 5.56 Å². The van der Waals surface area contributed by atoms with E-state index in [4.69, 9.17) is 5.11 Å². The largest absolute Gasteiger partial charge is 0.392 e. The van der Waals surface area contributed by atoms with Crippen molar-refractivity contribution in [2.75, 3.05) is 0 Å². The molecule has 0 radical (unpaired) electrons. The minimum absolute atomic E-state index is 0.0810. The van der Waals surface area contributed by atoms with Crippen molar-refractivity contribution in [2.45, 2.75) is 20.0 Å². The van der Waals surface area contributed by atoms with Gasteiger partial charge < -0.3 is 5.11 Å². The molecule has 1 aromatic rings. The number of nitrogens with zero attached hydrogens (tertiary/aromatic N) is 1. The van der Waals surface area contributed by atoms with Crippen molar-refractivity contribution < 1.29 is 18.3 Å². The Morgan fingerprint density at radius 3 is 2.54 bits per heavy atom. The topological polar surface area (TPSA) is 33.1 Å². The summed E-state index contributed by atoms with van der Waals surface area (Å²) in [6.45, 7) is 0.884. The van der Waals surface area contributed by atoms with E-state index in [1.807, 2.05) is 0 Å². The lowest BCUT2D eigenvalue weighted by molar-refractivity contribution is 0.140. The van der Waals surface area contributed by atoms with E-state index in [1.54, 1.807) is 0 Å². The SMILES string of the molecule is Cc1cnc(F)c(C(F)F)c1CO. The molecule has 1 heterocycles. The highest BCUT2D eigenvalue weighted by atomic mass is 19.3. The van der Waals surface area contributed by atoms with Crippen LogP contribution in [0.2, 0.25) is 0 Å². The predicted molar refractivity (Wildman–Crippen MR) is 39.8 cm³/mol.